The van der Waals surface area contributed by atoms with Gasteiger partial charge < -0.3 is 14.2 Å². The average Bonchev–Trinajstić information content (AvgIpc) is 2.98. The largest absolute Gasteiger partial charge is 0.497 e. The van der Waals surface area contributed by atoms with Gasteiger partial charge in [0.05, 0.1) is 18.8 Å². The van der Waals surface area contributed by atoms with Gasteiger partial charge in [-0.15, -0.1) is 10.2 Å². The van der Waals surface area contributed by atoms with Crippen molar-refractivity contribution in [1.29, 1.82) is 0 Å². The molecule has 0 bridgehead atoms. The monoisotopic (exact) mass is 508 g/mol. The molecule has 0 aliphatic carbocycles. The molecule has 0 radical (unpaired) electrons. The molecule has 190 valence electrons. The Kier molecular flexibility index (Phi) is 7.50. The van der Waals surface area contributed by atoms with E-state index >= 15 is 0 Å². The molecule has 2 heterocycles. The molecule has 0 spiro atoms. The van der Waals surface area contributed by atoms with Crippen molar-refractivity contribution in [2.45, 2.75) is 6.61 Å². The fraction of sp³-hybridized carbons (Fsp3) is 0.107. The molecule has 0 saturated heterocycles. The molecule has 10 heteroatoms. The van der Waals surface area contributed by atoms with Crippen LogP contribution in [0.5, 0.6) is 17.2 Å². The molecule has 0 fully saturated rings. The maximum Gasteiger partial charge on any atom is 0.276 e. The van der Waals surface area contributed by atoms with Gasteiger partial charge in [-0.2, -0.15) is 0 Å². The summed E-state index contributed by atoms with van der Waals surface area (Å²) in [5, 5.41) is 8.97. The maximum absolute atomic E-state index is 12.3. The molecule has 3 aromatic carbocycles. The number of hydrogen-bond donors (Lipinski definition) is 2. The third-order valence-electron chi connectivity index (χ3n) is 5.54. The molecule has 0 saturated carbocycles. The zero-order valence-electron chi connectivity index (χ0n) is 20.5. The number of ether oxygens (including phenoxy) is 3. The Morgan fingerprint density at radius 3 is 2.45 bits per heavy atom. The van der Waals surface area contributed by atoms with E-state index in [4.69, 9.17) is 14.2 Å². The van der Waals surface area contributed by atoms with Gasteiger partial charge in [0.2, 0.25) is 0 Å². The summed E-state index contributed by atoms with van der Waals surface area (Å²) < 4.78 is 16.7. The fourth-order valence-electron chi connectivity index (χ4n) is 3.59. The number of fused-ring (bicyclic) bond motifs is 1. The average molecular weight is 509 g/mol. The summed E-state index contributed by atoms with van der Waals surface area (Å²) in [4.78, 5) is 20.8. The lowest BCUT2D eigenvalue weighted by molar-refractivity contribution is -0.122. The lowest BCUT2D eigenvalue weighted by Gasteiger charge is -2.10. The van der Waals surface area contributed by atoms with Crippen molar-refractivity contribution in [3.8, 4) is 28.5 Å². The first-order valence-electron chi connectivity index (χ1n) is 11.8. The van der Waals surface area contributed by atoms with Gasteiger partial charge in [0.1, 0.15) is 29.5 Å². The molecule has 0 aliphatic heterocycles. The van der Waals surface area contributed by atoms with Crippen molar-refractivity contribution in [2.75, 3.05) is 19.1 Å². The normalized spacial score (nSPS) is 10.6. The number of benzene rings is 3. The third-order valence-corrected chi connectivity index (χ3v) is 5.54. The van der Waals surface area contributed by atoms with Crippen LogP contribution in [-0.4, -0.2) is 39.8 Å². The van der Waals surface area contributed by atoms with E-state index in [2.05, 4.69) is 31.0 Å². The lowest BCUT2D eigenvalue weighted by Crippen LogP contribution is -2.34. The van der Waals surface area contributed by atoms with Crippen molar-refractivity contribution in [3.05, 3.63) is 96.8 Å². The topological polar surface area (TPSA) is 120 Å². The Balaban J connectivity index is 1.11. The lowest BCUT2D eigenvalue weighted by atomic mass is 10.1. The second kappa shape index (κ2) is 11.7. The van der Waals surface area contributed by atoms with Gasteiger partial charge in [-0.05, 0) is 48.0 Å². The van der Waals surface area contributed by atoms with Crippen LogP contribution in [0.3, 0.4) is 0 Å². The van der Waals surface area contributed by atoms with Gasteiger partial charge >= 0.3 is 0 Å². The van der Waals surface area contributed by atoms with Gasteiger partial charge in [-0.3, -0.25) is 20.6 Å². The standard InChI is InChI=1S/C28H24N6O4/c1-36-22-11-12-23-24(15-22)29-14-13-26(23)38-18-27(35)32-34-28-30-16-25(31-33-28)20-7-9-21(10-8-20)37-17-19-5-3-2-4-6-19/h2-16H,17-18H2,1H3,(H,32,35)(H,30,33,34). The second-order valence-corrected chi connectivity index (χ2v) is 8.12. The number of methoxy groups -OCH3 is 1. The predicted octanol–water partition coefficient (Wildman–Crippen LogP) is 4.20. The summed E-state index contributed by atoms with van der Waals surface area (Å²) in [6, 6.07) is 24.6. The number of carbonyl (C=O) groups is 1. The second-order valence-electron chi connectivity index (χ2n) is 8.12. The fourth-order valence-corrected chi connectivity index (χ4v) is 3.59. The number of aromatic nitrogens is 4. The molecule has 2 aromatic heterocycles. The van der Waals surface area contributed by atoms with E-state index in [9.17, 15) is 4.79 Å². The number of rotatable bonds is 10. The van der Waals surface area contributed by atoms with Gasteiger partial charge in [0.25, 0.3) is 11.9 Å². The minimum atomic E-state index is -0.415. The number of amides is 1. The maximum atomic E-state index is 12.3. The van der Waals surface area contributed by atoms with Gasteiger partial charge in [0, 0.05) is 23.2 Å². The van der Waals surface area contributed by atoms with Crippen molar-refractivity contribution >= 4 is 22.8 Å². The first kappa shape index (κ1) is 24.4. The van der Waals surface area contributed by atoms with E-state index in [1.165, 1.54) is 0 Å². The Labute approximate surface area is 218 Å². The predicted molar refractivity (Wildman–Crippen MR) is 142 cm³/mol. The summed E-state index contributed by atoms with van der Waals surface area (Å²) in [5.41, 5.74) is 8.36. The molecule has 38 heavy (non-hydrogen) atoms. The minimum absolute atomic E-state index is 0.145. The summed E-state index contributed by atoms with van der Waals surface area (Å²) in [6.07, 6.45) is 3.18. The van der Waals surface area contributed by atoms with Crippen LogP contribution in [-0.2, 0) is 11.4 Å². The van der Waals surface area contributed by atoms with E-state index in [0.717, 1.165) is 22.3 Å². The molecular formula is C28H24N6O4. The first-order valence-corrected chi connectivity index (χ1v) is 11.8. The molecule has 1 amide bonds. The number of nitrogens with one attached hydrogen (secondary N) is 2. The molecule has 5 rings (SSSR count). The smallest absolute Gasteiger partial charge is 0.276 e. The third kappa shape index (κ3) is 6.11. The quantitative estimate of drug-likeness (QED) is 0.267. The van der Waals surface area contributed by atoms with E-state index in [1.807, 2.05) is 60.7 Å². The first-order chi connectivity index (χ1) is 18.7. The number of anilines is 1. The van der Waals surface area contributed by atoms with Crippen LogP contribution in [0.1, 0.15) is 5.56 Å². The Morgan fingerprint density at radius 1 is 0.868 bits per heavy atom. The van der Waals surface area contributed by atoms with Crippen LogP contribution in [0.2, 0.25) is 0 Å². The van der Waals surface area contributed by atoms with Crippen molar-refractivity contribution in [3.63, 3.8) is 0 Å². The summed E-state index contributed by atoms with van der Waals surface area (Å²) in [5.74, 6) is 1.70. The van der Waals surface area contributed by atoms with Crippen molar-refractivity contribution < 1.29 is 19.0 Å². The highest BCUT2D eigenvalue weighted by Gasteiger charge is 2.09. The van der Waals surface area contributed by atoms with E-state index in [-0.39, 0.29) is 12.6 Å². The minimum Gasteiger partial charge on any atom is -0.497 e. The number of carbonyl (C=O) groups excluding carboxylic acids is 1. The van der Waals surface area contributed by atoms with Gasteiger partial charge in [0.15, 0.2) is 6.61 Å². The summed E-state index contributed by atoms with van der Waals surface area (Å²) >= 11 is 0. The van der Waals surface area contributed by atoms with Crippen LogP contribution >= 0.6 is 0 Å². The number of pyridine rings is 1. The van der Waals surface area contributed by atoms with Gasteiger partial charge in [-0.1, -0.05) is 30.3 Å². The van der Waals surface area contributed by atoms with Crippen LogP contribution in [0.15, 0.2) is 91.3 Å². The Bertz CT molecular complexity index is 1510. The summed E-state index contributed by atoms with van der Waals surface area (Å²) in [6.45, 7) is 0.273. The van der Waals surface area contributed by atoms with Crippen molar-refractivity contribution in [2.24, 2.45) is 0 Å². The zero-order chi connectivity index (χ0) is 26.2. The van der Waals surface area contributed by atoms with Crippen LogP contribution in [0.4, 0.5) is 5.95 Å². The number of hydrogen-bond acceptors (Lipinski definition) is 9. The van der Waals surface area contributed by atoms with Crippen LogP contribution in [0.25, 0.3) is 22.2 Å². The van der Waals surface area contributed by atoms with E-state index in [0.29, 0.717) is 29.3 Å². The van der Waals surface area contributed by atoms with E-state index in [1.54, 1.807) is 37.7 Å². The van der Waals surface area contributed by atoms with E-state index < -0.39 is 5.91 Å². The molecule has 5 aromatic rings. The molecule has 0 atom stereocenters. The number of nitrogens with zero attached hydrogens (tertiary/aromatic N) is 4. The molecule has 0 unspecified atom stereocenters. The number of hydrazine groups is 1. The van der Waals surface area contributed by atoms with Crippen LogP contribution < -0.4 is 25.1 Å². The molecule has 2 N–H and O–H groups in total. The highest BCUT2D eigenvalue weighted by Crippen LogP contribution is 2.27. The summed E-state index contributed by atoms with van der Waals surface area (Å²) in [7, 11) is 1.59. The highest BCUT2D eigenvalue weighted by atomic mass is 16.5. The van der Waals surface area contributed by atoms with Crippen LogP contribution in [0, 0.1) is 0 Å². The Morgan fingerprint density at radius 2 is 1.68 bits per heavy atom. The molecule has 0 aliphatic rings. The Hall–Kier alpha value is -5.25. The zero-order valence-corrected chi connectivity index (χ0v) is 20.5. The highest BCUT2D eigenvalue weighted by molar-refractivity contribution is 5.86. The molecule has 10 nitrogen and oxygen atoms in total. The van der Waals surface area contributed by atoms with Gasteiger partial charge in [-0.25, -0.2) is 4.98 Å². The SMILES string of the molecule is COc1ccc2c(OCC(=O)NNc3ncc(-c4ccc(OCc5ccccc5)cc4)nn3)ccnc2c1. The van der Waals surface area contributed by atoms with Crippen molar-refractivity contribution in [1.82, 2.24) is 25.6 Å². The molecular weight excluding hydrogens is 484 g/mol.